The highest BCUT2D eigenvalue weighted by atomic mass is 16.6. The molecular weight excluding hydrogens is 206 g/mol. The lowest BCUT2D eigenvalue weighted by molar-refractivity contribution is -0.126. The van der Waals surface area contributed by atoms with E-state index < -0.39 is 5.60 Å². The van der Waals surface area contributed by atoms with Crippen molar-refractivity contribution in [3.8, 4) is 0 Å². The summed E-state index contributed by atoms with van der Waals surface area (Å²) < 4.78 is 5.29. The van der Waals surface area contributed by atoms with Gasteiger partial charge in [0.25, 0.3) is 0 Å². The summed E-state index contributed by atoms with van der Waals surface area (Å²) in [5.41, 5.74) is -0.504. The third-order valence-electron chi connectivity index (χ3n) is 2.58. The van der Waals surface area contributed by atoms with E-state index in [1.807, 2.05) is 27.7 Å². The van der Waals surface area contributed by atoms with Crippen molar-refractivity contribution in [1.29, 1.82) is 0 Å². The Labute approximate surface area is 96.9 Å². The monoisotopic (exact) mass is 227 g/mol. The number of hydrogen-bond donors (Lipinski definition) is 0. The first-order valence-electron chi connectivity index (χ1n) is 5.87. The molecule has 1 fully saturated rings. The normalized spacial score (nSPS) is 22.1. The van der Waals surface area contributed by atoms with Crippen LogP contribution in [-0.4, -0.2) is 35.0 Å². The predicted octanol–water partition coefficient (Wildman–Crippen LogP) is 2.37. The van der Waals surface area contributed by atoms with Gasteiger partial charge in [-0.3, -0.25) is 9.69 Å². The van der Waals surface area contributed by atoms with Crippen LogP contribution in [0, 0.1) is 0 Å². The van der Waals surface area contributed by atoms with Crippen LogP contribution in [0.4, 0.5) is 4.79 Å². The highest BCUT2D eigenvalue weighted by Crippen LogP contribution is 2.19. The van der Waals surface area contributed by atoms with Gasteiger partial charge in [0.05, 0.1) is 6.04 Å². The van der Waals surface area contributed by atoms with E-state index in [-0.39, 0.29) is 17.9 Å². The van der Waals surface area contributed by atoms with Gasteiger partial charge in [-0.25, -0.2) is 4.79 Å². The number of carbonyl (C=O) groups excluding carboxylic acids is 2. The first-order chi connectivity index (χ1) is 7.35. The highest BCUT2D eigenvalue weighted by Gasteiger charge is 2.34. The van der Waals surface area contributed by atoms with Crippen LogP contribution in [0.3, 0.4) is 0 Å². The van der Waals surface area contributed by atoms with Crippen molar-refractivity contribution in [3.05, 3.63) is 0 Å². The molecule has 0 aliphatic carbocycles. The topological polar surface area (TPSA) is 46.6 Å². The summed E-state index contributed by atoms with van der Waals surface area (Å²) in [6.07, 6.45) is 1.62. The Kier molecular flexibility index (Phi) is 3.94. The fourth-order valence-electron chi connectivity index (χ4n) is 1.91. The minimum atomic E-state index is -0.504. The molecule has 16 heavy (non-hydrogen) atoms. The Balaban J connectivity index is 2.70. The summed E-state index contributed by atoms with van der Waals surface area (Å²) in [7, 11) is 0. The van der Waals surface area contributed by atoms with Gasteiger partial charge in [-0.05, 0) is 33.6 Å². The molecule has 0 radical (unpaired) electrons. The van der Waals surface area contributed by atoms with Crippen LogP contribution in [0.5, 0.6) is 0 Å². The van der Waals surface area contributed by atoms with Crippen LogP contribution in [-0.2, 0) is 9.53 Å². The second-order valence-corrected chi connectivity index (χ2v) is 5.17. The van der Waals surface area contributed by atoms with Crippen LogP contribution in [0.15, 0.2) is 0 Å². The van der Waals surface area contributed by atoms with E-state index in [4.69, 9.17) is 4.74 Å². The third-order valence-corrected chi connectivity index (χ3v) is 2.58. The third kappa shape index (κ3) is 3.22. The lowest BCUT2D eigenvalue weighted by atomic mass is 9.99. The van der Waals surface area contributed by atoms with E-state index in [0.29, 0.717) is 19.4 Å². The van der Waals surface area contributed by atoms with Crippen molar-refractivity contribution in [3.63, 3.8) is 0 Å². The smallest absolute Gasteiger partial charge is 0.410 e. The molecule has 1 amide bonds. The largest absolute Gasteiger partial charge is 0.444 e. The molecular formula is C12H21NO3. The summed E-state index contributed by atoms with van der Waals surface area (Å²) in [4.78, 5) is 25.1. The van der Waals surface area contributed by atoms with Crippen LogP contribution in [0.2, 0.25) is 0 Å². The van der Waals surface area contributed by atoms with Crippen LogP contribution < -0.4 is 0 Å². The predicted molar refractivity (Wildman–Crippen MR) is 61.3 cm³/mol. The number of amides is 1. The van der Waals surface area contributed by atoms with E-state index in [0.717, 1.165) is 6.42 Å². The minimum Gasteiger partial charge on any atom is -0.444 e. The molecule has 0 spiro atoms. The maximum atomic E-state index is 11.9. The summed E-state index contributed by atoms with van der Waals surface area (Å²) in [5, 5.41) is 0. The highest BCUT2D eigenvalue weighted by molar-refractivity contribution is 5.88. The van der Waals surface area contributed by atoms with Gasteiger partial charge in [-0.2, -0.15) is 0 Å². The summed E-state index contributed by atoms with van der Waals surface area (Å²) in [5.74, 6) is 0.152. The Bertz CT molecular complexity index is 280. The van der Waals surface area contributed by atoms with Gasteiger partial charge in [0.2, 0.25) is 0 Å². The van der Waals surface area contributed by atoms with E-state index in [9.17, 15) is 9.59 Å². The molecule has 0 aromatic rings. The first kappa shape index (κ1) is 13.0. The van der Waals surface area contributed by atoms with E-state index in [1.165, 1.54) is 0 Å². The fraction of sp³-hybridized carbons (Fsp3) is 0.833. The zero-order valence-corrected chi connectivity index (χ0v) is 10.6. The Morgan fingerprint density at radius 3 is 2.62 bits per heavy atom. The standard InChI is InChI=1S/C12H21NO3/c1-5-9-10(14)7-6-8-13(9)11(15)16-12(2,3)4/h9H,5-8H2,1-4H3. The molecule has 0 aromatic carbocycles. The maximum absolute atomic E-state index is 11.9. The number of carbonyl (C=O) groups is 2. The first-order valence-corrected chi connectivity index (χ1v) is 5.87. The van der Waals surface area contributed by atoms with Gasteiger partial charge in [-0.1, -0.05) is 6.92 Å². The second kappa shape index (κ2) is 4.85. The molecule has 1 aliphatic heterocycles. The quantitative estimate of drug-likeness (QED) is 0.691. The Morgan fingerprint density at radius 2 is 2.12 bits per heavy atom. The number of Topliss-reactive ketones (excluding diaryl/α,β-unsaturated/α-hetero) is 1. The second-order valence-electron chi connectivity index (χ2n) is 5.17. The van der Waals surface area contributed by atoms with Gasteiger partial charge in [-0.15, -0.1) is 0 Å². The zero-order chi connectivity index (χ0) is 12.3. The molecule has 0 bridgehead atoms. The van der Waals surface area contributed by atoms with Crippen molar-refractivity contribution in [2.24, 2.45) is 0 Å². The number of hydrogen-bond acceptors (Lipinski definition) is 3. The molecule has 0 aromatic heterocycles. The van der Waals surface area contributed by atoms with Crippen LogP contribution >= 0.6 is 0 Å². The maximum Gasteiger partial charge on any atom is 0.410 e. The Morgan fingerprint density at radius 1 is 1.50 bits per heavy atom. The van der Waals surface area contributed by atoms with Crippen molar-refractivity contribution < 1.29 is 14.3 Å². The van der Waals surface area contributed by atoms with Gasteiger partial charge in [0.1, 0.15) is 5.60 Å². The average Bonchev–Trinajstić information content (AvgIpc) is 2.14. The van der Waals surface area contributed by atoms with Gasteiger partial charge in [0.15, 0.2) is 5.78 Å². The molecule has 0 saturated carbocycles. The fourth-order valence-corrected chi connectivity index (χ4v) is 1.91. The van der Waals surface area contributed by atoms with Gasteiger partial charge >= 0.3 is 6.09 Å². The van der Waals surface area contributed by atoms with E-state index >= 15 is 0 Å². The number of rotatable bonds is 1. The van der Waals surface area contributed by atoms with Crippen LogP contribution in [0.25, 0.3) is 0 Å². The number of ether oxygens (including phenoxy) is 1. The van der Waals surface area contributed by atoms with Gasteiger partial charge < -0.3 is 4.74 Å². The molecule has 1 unspecified atom stereocenters. The number of piperidine rings is 1. The minimum absolute atomic E-state index is 0.152. The molecule has 1 atom stereocenters. The summed E-state index contributed by atoms with van der Waals surface area (Å²) >= 11 is 0. The van der Waals surface area contributed by atoms with E-state index in [1.54, 1.807) is 4.90 Å². The molecule has 1 saturated heterocycles. The molecule has 4 nitrogen and oxygen atoms in total. The van der Waals surface area contributed by atoms with Crippen molar-refractivity contribution >= 4 is 11.9 Å². The number of ketones is 1. The lowest BCUT2D eigenvalue weighted by Gasteiger charge is -2.35. The summed E-state index contributed by atoms with van der Waals surface area (Å²) in [6.45, 7) is 8.04. The zero-order valence-electron chi connectivity index (χ0n) is 10.6. The number of nitrogens with zero attached hydrogens (tertiary/aromatic N) is 1. The molecule has 4 heteroatoms. The molecule has 1 aliphatic rings. The SMILES string of the molecule is CCC1C(=O)CCCN1C(=O)OC(C)(C)C. The van der Waals surface area contributed by atoms with Gasteiger partial charge in [0, 0.05) is 13.0 Å². The lowest BCUT2D eigenvalue weighted by Crippen LogP contribution is -2.50. The molecule has 0 N–H and O–H groups in total. The number of likely N-dealkylation sites (tertiary alicyclic amines) is 1. The van der Waals surface area contributed by atoms with Crippen molar-refractivity contribution in [1.82, 2.24) is 4.90 Å². The molecule has 1 heterocycles. The molecule has 1 rings (SSSR count). The molecule has 92 valence electrons. The summed E-state index contributed by atoms with van der Waals surface area (Å²) in [6, 6.07) is -0.288. The van der Waals surface area contributed by atoms with E-state index in [2.05, 4.69) is 0 Å². The Hall–Kier alpha value is -1.06. The van der Waals surface area contributed by atoms with Crippen molar-refractivity contribution in [2.45, 2.75) is 58.6 Å². The van der Waals surface area contributed by atoms with Crippen LogP contribution in [0.1, 0.15) is 47.0 Å². The van der Waals surface area contributed by atoms with Crippen molar-refractivity contribution in [2.75, 3.05) is 6.54 Å². The average molecular weight is 227 g/mol.